The fraction of sp³-hybridized carbons (Fsp3) is 0.714. The summed E-state index contributed by atoms with van der Waals surface area (Å²) in [5, 5.41) is 13.5. The van der Waals surface area contributed by atoms with Crippen LogP contribution in [-0.4, -0.2) is 46.7 Å². The lowest BCUT2D eigenvalue weighted by Gasteiger charge is -2.33. The highest BCUT2D eigenvalue weighted by Crippen LogP contribution is 2.30. The minimum absolute atomic E-state index is 0.0199. The summed E-state index contributed by atoms with van der Waals surface area (Å²) in [5.74, 6) is -1.57. The van der Waals surface area contributed by atoms with Crippen molar-refractivity contribution in [2.75, 3.05) is 13.1 Å². The Morgan fingerprint density at radius 3 is 2.50 bits per heavy atom. The lowest BCUT2D eigenvalue weighted by Crippen LogP contribution is -2.45. The summed E-state index contributed by atoms with van der Waals surface area (Å²) in [4.78, 5) is 11.5. The quantitative estimate of drug-likeness (QED) is 0.897. The molecule has 1 aromatic rings. The van der Waals surface area contributed by atoms with Crippen LogP contribution in [0.5, 0.6) is 0 Å². The molecule has 0 amide bonds. The summed E-state index contributed by atoms with van der Waals surface area (Å²) >= 11 is 0. The van der Waals surface area contributed by atoms with E-state index in [-0.39, 0.29) is 17.4 Å². The van der Waals surface area contributed by atoms with E-state index in [1.54, 1.807) is 18.5 Å². The molecule has 1 N–H and O–H groups in total. The van der Waals surface area contributed by atoms with Crippen LogP contribution in [0.3, 0.4) is 0 Å². The number of hydrogen-bond acceptors (Lipinski definition) is 4. The van der Waals surface area contributed by atoms with Crippen molar-refractivity contribution >= 4 is 16.0 Å². The number of aliphatic carboxylic acids is 1. The Kier molecular flexibility index (Phi) is 4.62. The van der Waals surface area contributed by atoms with E-state index in [9.17, 15) is 18.3 Å². The average molecular weight is 329 g/mol. The maximum absolute atomic E-state index is 13.0. The highest BCUT2D eigenvalue weighted by atomic mass is 32.2. The monoisotopic (exact) mass is 329 g/mol. The largest absolute Gasteiger partial charge is 0.481 e. The molecule has 0 bridgehead atoms. The van der Waals surface area contributed by atoms with Gasteiger partial charge < -0.3 is 5.11 Å². The Balaban J connectivity index is 2.42. The zero-order valence-corrected chi connectivity index (χ0v) is 14.2. The molecule has 0 spiro atoms. The van der Waals surface area contributed by atoms with Gasteiger partial charge >= 0.3 is 5.97 Å². The summed E-state index contributed by atoms with van der Waals surface area (Å²) in [7, 11) is -3.73. The number of piperidine rings is 1. The fourth-order valence-corrected chi connectivity index (χ4v) is 5.15. The van der Waals surface area contributed by atoms with Crippen LogP contribution >= 0.6 is 0 Å². The van der Waals surface area contributed by atoms with Gasteiger partial charge in [-0.3, -0.25) is 9.48 Å². The summed E-state index contributed by atoms with van der Waals surface area (Å²) in [6.45, 7) is 8.16. The van der Waals surface area contributed by atoms with Crippen molar-refractivity contribution < 1.29 is 18.3 Å². The van der Waals surface area contributed by atoms with Gasteiger partial charge in [0.2, 0.25) is 10.0 Å². The van der Waals surface area contributed by atoms with E-state index in [0.29, 0.717) is 30.9 Å². The molecule has 2 atom stereocenters. The maximum Gasteiger partial charge on any atom is 0.307 e. The molecule has 2 rings (SSSR count). The Morgan fingerprint density at radius 1 is 1.36 bits per heavy atom. The van der Waals surface area contributed by atoms with Crippen LogP contribution in [0.25, 0.3) is 0 Å². The first-order chi connectivity index (χ1) is 10.2. The number of nitrogens with zero attached hydrogens (tertiary/aromatic N) is 3. The van der Waals surface area contributed by atoms with Gasteiger partial charge in [0.05, 0.1) is 17.3 Å². The molecule has 2 heterocycles. The number of rotatable bonds is 4. The molecular weight excluding hydrogens is 306 g/mol. The molecule has 124 valence electrons. The summed E-state index contributed by atoms with van der Waals surface area (Å²) in [5.41, 5.74) is 1.06. The van der Waals surface area contributed by atoms with Crippen LogP contribution in [0.15, 0.2) is 4.90 Å². The van der Waals surface area contributed by atoms with Crippen LogP contribution in [0, 0.1) is 25.7 Å². The SMILES string of the molecule is CCn1nc(C)c(S(=O)(=O)N2CC(C)CC(C(=O)O)C2)c1C. The third kappa shape index (κ3) is 2.89. The first kappa shape index (κ1) is 17.0. The van der Waals surface area contributed by atoms with Gasteiger partial charge in [0.15, 0.2) is 0 Å². The van der Waals surface area contributed by atoms with Crippen LogP contribution in [-0.2, 0) is 21.4 Å². The molecule has 2 unspecified atom stereocenters. The van der Waals surface area contributed by atoms with E-state index < -0.39 is 21.9 Å². The zero-order chi connectivity index (χ0) is 16.7. The molecule has 1 fully saturated rings. The van der Waals surface area contributed by atoms with Crippen molar-refractivity contribution in [3.05, 3.63) is 11.4 Å². The van der Waals surface area contributed by atoms with Crippen LogP contribution < -0.4 is 0 Å². The van der Waals surface area contributed by atoms with Gasteiger partial charge in [0, 0.05) is 19.6 Å². The fourth-order valence-electron chi connectivity index (χ4n) is 3.17. The van der Waals surface area contributed by atoms with Gasteiger partial charge in [-0.25, -0.2) is 8.42 Å². The number of aryl methyl sites for hydroxylation is 2. The molecule has 0 saturated carbocycles. The average Bonchev–Trinajstić information content (AvgIpc) is 2.72. The molecule has 1 aliphatic heterocycles. The van der Waals surface area contributed by atoms with Crippen molar-refractivity contribution in [1.29, 1.82) is 0 Å². The van der Waals surface area contributed by atoms with Gasteiger partial charge in [-0.15, -0.1) is 0 Å². The van der Waals surface area contributed by atoms with E-state index in [1.165, 1.54) is 4.31 Å². The van der Waals surface area contributed by atoms with Crippen LogP contribution in [0.2, 0.25) is 0 Å². The van der Waals surface area contributed by atoms with Gasteiger partial charge in [0.1, 0.15) is 4.90 Å². The number of carboxylic acid groups (broad SMARTS) is 1. The van der Waals surface area contributed by atoms with Crippen molar-refractivity contribution in [2.45, 2.75) is 45.6 Å². The smallest absolute Gasteiger partial charge is 0.307 e. The van der Waals surface area contributed by atoms with Crippen molar-refractivity contribution in [2.24, 2.45) is 11.8 Å². The minimum atomic E-state index is -3.73. The minimum Gasteiger partial charge on any atom is -0.481 e. The predicted molar refractivity (Wildman–Crippen MR) is 81.0 cm³/mol. The Hall–Kier alpha value is -1.41. The molecule has 7 nitrogen and oxygen atoms in total. The molecule has 22 heavy (non-hydrogen) atoms. The molecule has 0 radical (unpaired) electrons. The van der Waals surface area contributed by atoms with E-state index in [0.717, 1.165) is 0 Å². The number of carbonyl (C=O) groups is 1. The Bertz CT molecular complexity index is 681. The summed E-state index contributed by atoms with van der Waals surface area (Å²) < 4.78 is 28.9. The van der Waals surface area contributed by atoms with Crippen molar-refractivity contribution in [3.63, 3.8) is 0 Å². The van der Waals surface area contributed by atoms with Crippen molar-refractivity contribution in [1.82, 2.24) is 14.1 Å². The summed E-state index contributed by atoms with van der Waals surface area (Å²) in [6, 6.07) is 0. The summed E-state index contributed by atoms with van der Waals surface area (Å²) in [6.07, 6.45) is 0.507. The van der Waals surface area contributed by atoms with Crippen LogP contribution in [0.4, 0.5) is 0 Å². The zero-order valence-electron chi connectivity index (χ0n) is 13.4. The normalized spacial score (nSPS) is 23.6. The molecule has 1 saturated heterocycles. The topological polar surface area (TPSA) is 92.5 Å². The second kappa shape index (κ2) is 6.00. The molecule has 0 aliphatic carbocycles. The molecule has 1 aromatic heterocycles. The second-order valence-corrected chi connectivity index (χ2v) is 7.89. The number of aromatic nitrogens is 2. The standard InChI is InChI=1S/C14H23N3O4S/c1-5-17-11(4)13(10(3)15-17)22(20,21)16-7-9(2)6-12(8-16)14(18)19/h9,12H,5-8H2,1-4H3,(H,18,19). The Morgan fingerprint density at radius 2 is 2.00 bits per heavy atom. The molecule has 8 heteroatoms. The highest BCUT2D eigenvalue weighted by Gasteiger charge is 2.38. The lowest BCUT2D eigenvalue weighted by atomic mass is 9.92. The predicted octanol–water partition coefficient (Wildman–Crippen LogP) is 1.25. The Labute approximate surface area is 131 Å². The van der Waals surface area contributed by atoms with Gasteiger partial charge in [0.25, 0.3) is 0 Å². The molecule has 0 aromatic carbocycles. The highest BCUT2D eigenvalue weighted by molar-refractivity contribution is 7.89. The van der Waals surface area contributed by atoms with E-state index in [4.69, 9.17) is 0 Å². The van der Waals surface area contributed by atoms with E-state index >= 15 is 0 Å². The lowest BCUT2D eigenvalue weighted by molar-refractivity contribution is -0.143. The van der Waals surface area contributed by atoms with Gasteiger partial charge in [-0.1, -0.05) is 6.92 Å². The number of hydrogen-bond donors (Lipinski definition) is 1. The first-order valence-electron chi connectivity index (χ1n) is 7.45. The first-order valence-corrected chi connectivity index (χ1v) is 8.89. The molecule has 1 aliphatic rings. The van der Waals surface area contributed by atoms with E-state index in [1.807, 2.05) is 13.8 Å². The second-order valence-electron chi connectivity index (χ2n) is 6.01. The third-order valence-corrected chi connectivity index (χ3v) is 6.27. The van der Waals surface area contributed by atoms with Crippen LogP contribution in [0.1, 0.15) is 31.7 Å². The third-order valence-electron chi connectivity index (χ3n) is 4.19. The van der Waals surface area contributed by atoms with Gasteiger partial charge in [-0.05, 0) is 33.1 Å². The van der Waals surface area contributed by atoms with E-state index in [2.05, 4.69) is 5.10 Å². The number of sulfonamides is 1. The van der Waals surface area contributed by atoms with Crippen molar-refractivity contribution in [3.8, 4) is 0 Å². The number of carboxylic acids is 1. The van der Waals surface area contributed by atoms with Gasteiger partial charge in [-0.2, -0.15) is 9.40 Å². The maximum atomic E-state index is 13.0. The molecular formula is C14H23N3O4S.